The van der Waals surface area contributed by atoms with E-state index < -0.39 is 0 Å². The van der Waals surface area contributed by atoms with Crippen molar-refractivity contribution in [1.82, 2.24) is 15.1 Å². The lowest BCUT2D eigenvalue weighted by Gasteiger charge is -1.95. The van der Waals surface area contributed by atoms with Gasteiger partial charge in [-0.15, -0.1) is 0 Å². The van der Waals surface area contributed by atoms with Crippen LogP contribution < -0.4 is 5.56 Å². The Kier molecular flexibility index (Phi) is 2.19. The van der Waals surface area contributed by atoms with Crippen LogP contribution in [0.15, 0.2) is 39.9 Å². The molecule has 0 amide bonds. The normalized spacial score (nSPS) is 10.9. The van der Waals surface area contributed by atoms with E-state index in [1.807, 2.05) is 0 Å². The fraction of sp³-hybridized carbons (Fsp3) is 0. The Morgan fingerprint density at radius 3 is 2.76 bits per heavy atom. The van der Waals surface area contributed by atoms with Gasteiger partial charge in [0.05, 0.1) is 6.33 Å². The number of fused-ring (bicyclic) bond motifs is 1. The number of nitrogens with one attached hydrogen (secondary N) is 1. The Balaban J connectivity index is 2.31. The Hall–Kier alpha value is -2.14. The van der Waals surface area contributed by atoms with E-state index in [9.17, 15) is 4.79 Å². The summed E-state index contributed by atoms with van der Waals surface area (Å²) in [5.74, 6) is 0. The number of aromatic amines is 1. The quantitative estimate of drug-likeness (QED) is 0.716. The summed E-state index contributed by atoms with van der Waals surface area (Å²) >= 11 is 5.80. The molecule has 0 unspecified atom stereocenters. The Labute approximate surface area is 100 Å². The zero-order valence-electron chi connectivity index (χ0n) is 8.48. The van der Waals surface area contributed by atoms with Crippen molar-refractivity contribution in [1.29, 1.82) is 0 Å². The molecule has 5 nitrogen and oxygen atoms in total. The van der Waals surface area contributed by atoms with E-state index in [0.29, 0.717) is 16.1 Å². The van der Waals surface area contributed by atoms with Crippen molar-refractivity contribution in [3.8, 4) is 11.3 Å². The van der Waals surface area contributed by atoms with Crippen LogP contribution >= 0.6 is 11.6 Å². The lowest BCUT2D eigenvalue weighted by molar-refractivity contribution is 0.451. The first kappa shape index (κ1) is 10.0. The van der Waals surface area contributed by atoms with Crippen LogP contribution in [0, 0.1) is 0 Å². The first-order valence-corrected chi connectivity index (χ1v) is 5.22. The van der Waals surface area contributed by atoms with Gasteiger partial charge in [0.1, 0.15) is 11.1 Å². The van der Waals surface area contributed by atoms with Gasteiger partial charge in [0.25, 0.3) is 11.3 Å². The first-order chi connectivity index (χ1) is 8.25. The largest absolute Gasteiger partial charge is 0.335 e. The van der Waals surface area contributed by atoms with E-state index in [-0.39, 0.29) is 11.3 Å². The molecule has 3 rings (SSSR count). The van der Waals surface area contributed by atoms with Gasteiger partial charge in [0, 0.05) is 10.6 Å². The molecule has 2 heterocycles. The topological polar surface area (TPSA) is 71.8 Å². The molecule has 1 aromatic carbocycles. The molecule has 1 N–H and O–H groups in total. The molecule has 17 heavy (non-hydrogen) atoms. The van der Waals surface area contributed by atoms with Crippen LogP contribution in [0.2, 0.25) is 5.02 Å². The molecule has 0 aliphatic carbocycles. The second-order valence-corrected chi connectivity index (χ2v) is 3.89. The number of hydrogen-bond donors (Lipinski definition) is 1. The molecule has 0 saturated carbocycles. The Morgan fingerprint density at radius 2 is 2.00 bits per heavy atom. The summed E-state index contributed by atoms with van der Waals surface area (Å²) in [5, 5.41) is 4.82. The number of halogens is 1. The molecule has 0 saturated heterocycles. The van der Waals surface area contributed by atoms with Crippen molar-refractivity contribution in [3.63, 3.8) is 0 Å². The predicted octanol–water partition coefficient (Wildman–Crippen LogP) is 2.23. The number of H-pyrrole nitrogens is 1. The van der Waals surface area contributed by atoms with Crippen LogP contribution in [0.1, 0.15) is 0 Å². The molecule has 6 heteroatoms. The van der Waals surface area contributed by atoms with Gasteiger partial charge in [-0.25, -0.2) is 4.98 Å². The number of benzene rings is 1. The van der Waals surface area contributed by atoms with Crippen LogP contribution in [-0.2, 0) is 0 Å². The summed E-state index contributed by atoms with van der Waals surface area (Å²) in [6.45, 7) is 0. The monoisotopic (exact) mass is 247 g/mol. The summed E-state index contributed by atoms with van der Waals surface area (Å²) in [5.41, 5.74) is 1.16. The maximum atomic E-state index is 11.7. The van der Waals surface area contributed by atoms with Gasteiger partial charge in [-0.3, -0.25) is 4.79 Å². The third kappa shape index (κ3) is 1.60. The standard InChI is InChI=1S/C11H6ClN3O2/c12-7-3-1-6(2-4-7)9-8-10(16)13-5-14-11(8)17-15-9/h1-5H,(H,13,14,16). The maximum Gasteiger partial charge on any atom is 0.265 e. The molecule has 0 aliphatic heterocycles. The van der Waals surface area contributed by atoms with Crippen LogP contribution in [0.25, 0.3) is 22.4 Å². The Morgan fingerprint density at radius 1 is 1.24 bits per heavy atom. The molecular weight excluding hydrogens is 242 g/mol. The van der Waals surface area contributed by atoms with Crippen molar-refractivity contribution < 1.29 is 4.52 Å². The third-order valence-corrected chi connectivity index (χ3v) is 2.65. The van der Waals surface area contributed by atoms with Gasteiger partial charge in [-0.2, -0.15) is 0 Å². The molecule has 0 fully saturated rings. The highest BCUT2D eigenvalue weighted by Gasteiger charge is 2.14. The maximum absolute atomic E-state index is 11.7. The zero-order chi connectivity index (χ0) is 11.8. The second-order valence-electron chi connectivity index (χ2n) is 3.45. The highest BCUT2D eigenvalue weighted by atomic mass is 35.5. The summed E-state index contributed by atoms with van der Waals surface area (Å²) in [6.07, 6.45) is 1.28. The fourth-order valence-corrected chi connectivity index (χ4v) is 1.73. The van der Waals surface area contributed by atoms with E-state index >= 15 is 0 Å². The van der Waals surface area contributed by atoms with Gasteiger partial charge < -0.3 is 9.51 Å². The lowest BCUT2D eigenvalue weighted by Crippen LogP contribution is -2.05. The highest BCUT2D eigenvalue weighted by Crippen LogP contribution is 2.25. The predicted molar refractivity (Wildman–Crippen MR) is 62.9 cm³/mol. The zero-order valence-corrected chi connectivity index (χ0v) is 9.23. The molecule has 2 aromatic heterocycles. The van der Waals surface area contributed by atoms with Crippen LogP contribution in [0.3, 0.4) is 0 Å². The second kappa shape index (κ2) is 3.71. The molecule has 0 spiro atoms. The van der Waals surface area contributed by atoms with Crippen molar-refractivity contribution in [3.05, 3.63) is 46.0 Å². The summed E-state index contributed by atoms with van der Waals surface area (Å²) in [6, 6.07) is 6.99. The number of rotatable bonds is 1. The van der Waals surface area contributed by atoms with E-state index in [0.717, 1.165) is 5.56 Å². The van der Waals surface area contributed by atoms with Crippen LogP contribution in [0.4, 0.5) is 0 Å². The summed E-state index contributed by atoms with van der Waals surface area (Å²) in [7, 11) is 0. The van der Waals surface area contributed by atoms with E-state index in [1.165, 1.54) is 6.33 Å². The number of aromatic nitrogens is 3. The smallest absolute Gasteiger partial charge is 0.265 e. The van der Waals surface area contributed by atoms with Gasteiger partial charge >= 0.3 is 0 Å². The Bertz CT molecular complexity index is 730. The van der Waals surface area contributed by atoms with Crippen molar-refractivity contribution in [2.24, 2.45) is 0 Å². The minimum atomic E-state index is -0.277. The third-order valence-electron chi connectivity index (χ3n) is 2.40. The molecule has 0 bridgehead atoms. The number of hydrogen-bond acceptors (Lipinski definition) is 4. The van der Waals surface area contributed by atoms with Gasteiger partial charge in [-0.05, 0) is 12.1 Å². The van der Waals surface area contributed by atoms with Gasteiger partial charge in [0.15, 0.2) is 0 Å². The average Bonchev–Trinajstić information content (AvgIpc) is 2.75. The number of nitrogens with zero attached hydrogens (tertiary/aromatic N) is 2. The lowest BCUT2D eigenvalue weighted by atomic mass is 10.1. The van der Waals surface area contributed by atoms with Gasteiger partial charge in [-0.1, -0.05) is 28.9 Å². The molecule has 84 valence electrons. The molecular formula is C11H6ClN3O2. The summed E-state index contributed by atoms with van der Waals surface area (Å²) < 4.78 is 5.00. The minimum absolute atomic E-state index is 0.221. The van der Waals surface area contributed by atoms with Crippen molar-refractivity contribution in [2.45, 2.75) is 0 Å². The van der Waals surface area contributed by atoms with E-state index in [4.69, 9.17) is 16.1 Å². The van der Waals surface area contributed by atoms with Crippen LogP contribution in [-0.4, -0.2) is 15.1 Å². The molecule has 0 atom stereocenters. The highest BCUT2D eigenvalue weighted by molar-refractivity contribution is 6.30. The molecule has 0 radical (unpaired) electrons. The van der Waals surface area contributed by atoms with Crippen molar-refractivity contribution in [2.75, 3.05) is 0 Å². The van der Waals surface area contributed by atoms with Crippen LogP contribution in [0.5, 0.6) is 0 Å². The van der Waals surface area contributed by atoms with Gasteiger partial charge in [0.2, 0.25) is 0 Å². The first-order valence-electron chi connectivity index (χ1n) is 4.85. The summed E-state index contributed by atoms with van der Waals surface area (Å²) in [4.78, 5) is 18.1. The van der Waals surface area contributed by atoms with Crippen molar-refractivity contribution >= 4 is 22.7 Å². The average molecular weight is 248 g/mol. The minimum Gasteiger partial charge on any atom is -0.335 e. The van der Waals surface area contributed by atoms with E-state index in [1.54, 1.807) is 24.3 Å². The molecule has 3 aromatic rings. The van der Waals surface area contributed by atoms with E-state index in [2.05, 4.69) is 15.1 Å². The fourth-order valence-electron chi connectivity index (χ4n) is 1.60. The SMILES string of the molecule is O=c1[nH]cnc2onc(-c3ccc(Cl)cc3)c12. The molecule has 0 aliphatic rings.